The SMILES string of the molecule is CCOCCNc1ccc([N+](=O)[O-])cc1C(=O)O. The molecule has 0 aromatic heterocycles. The van der Waals surface area contributed by atoms with Crippen LogP contribution in [0.15, 0.2) is 18.2 Å². The molecule has 0 saturated carbocycles. The van der Waals surface area contributed by atoms with Crippen molar-refractivity contribution in [3.63, 3.8) is 0 Å². The van der Waals surface area contributed by atoms with Gasteiger partial charge in [-0.05, 0) is 13.0 Å². The third-order valence-electron chi connectivity index (χ3n) is 2.21. The Bertz CT molecular complexity index is 447. The van der Waals surface area contributed by atoms with Crippen LogP contribution in [-0.4, -0.2) is 35.8 Å². The van der Waals surface area contributed by atoms with Gasteiger partial charge in [-0.25, -0.2) is 4.79 Å². The van der Waals surface area contributed by atoms with Crippen LogP contribution < -0.4 is 5.32 Å². The van der Waals surface area contributed by atoms with Crippen LogP contribution in [0, 0.1) is 10.1 Å². The number of nitrogens with one attached hydrogen (secondary N) is 1. The van der Waals surface area contributed by atoms with Crippen molar-refractivity contribution < 1.29 is 19.6 Å². The molecule has 0 amide bonds. The van der Waals surface area contributed by atoms with E-state index >= 15 is 0 Å². The smallest absolute Gasteiger partial charge is 0.338 e. The second kappa shape index (κ2) is 6.55. The molecule has 0 unspecified atom stereocenters. The maximum Gasteiger partial charge on any atom is 0.338 e. The number of hydrogen-bond acceptors (Lipinski definition) is 5. The number of carboxylic acids is 1. The van der Waals surface area contributed by atoms with Gasteiger partial charge in [0.15, 0.2) is 0 Å². The van der Waals surface area contributed by atoms with E-state index in [0.29, 0.717) is 25.4 Å². The van der Waals surface area contributed by atoms with Gasteiger partial charge in [-0.2, -0.15) is 0 Å². The van der Waals surface area contributed by atoms with E-state index in [4.69, 9.17) is 9.84 Å². The molecule has 0 heterocycles. The average Bonchev–Trinajstić information content (AvgIpc) is 2.34. The maximum atomic E-state index is 11.0. The fourth-order valence-electron chi connectivity index (χ4n) is 1.38. The number of benzene rings is 1. The number of ether oxygens (including phenoxy) is 1. The van der Waals surface area contributed by atoms with Gasteiger partial charge in [0.25, 0.3) is 5.69 Å². The monoisotopic (exact) mass is 254 g/mol. The highest BCUT2D eigenvalue weighted by molar-refractivity contribution is 5.95. The second-order valence-electron chi connectivity index (χ2n) is 3.42. The minimum Gasteiger partial charge on any atom is -0.478 e. The summed E-state index contributed by atoms with van der Waals surface area (Å²) in [6.45, 7) is 3.31. The van der Waals surface area contributed by atoms with Gasteiger partial charge in [-0.3, -0.25) is 10.1 Å². The Balaban J connectivity index is 2.83. The first kappa shape index (κ1) is 13.9. The van der Waals surface area contributed by atoms with E-state index in [1.165, 1.54) is 12.1 Å². The zero-order valence-electron chi connectivity index (χ0n) is 9.88. The minimum absolute atomic E-state index is 0.124. The van der Waals surface area contributed by atoms with Crippen molar-refractivity contribution >= 4 is 17.3 Å². The Hall–Kier alpha value is -2.15. The lowest BCUT2D eigenvalue weighted by Gasteiger charge is -2.09. The molecular formula is C11H14N2O5. The van der Waals surface area contributed by atoms with Gasteiger partial charge in [0.1, 0.15) is 0 Å². The Labute approximate surface area is 104 Å². The number of non-ortho nitro benzene ring substituents is 1. The molecule has 18 heavy (non-hydrogen) atoms. The number of carboxylic acid groups (broad SMARTS) is 1. The van der Waals surface area contributed by atoms with E-state index in [9.17, 15) is 14.9 Å². The van der Waals surface area contributed by atoms with Crippen LogP contribution in [0.4, 0.5) is 11.4 Å². The lowest BCUT2D eigenvalue weighted by Crippen LogP contribution is -2.12. The van der Waals surface area contributed by atoms with Crippen molar-refractivity contribution in [1.82, 2.24) is 0 Å². The van der Waals surface area contributed by atoms with Gasteiger partial charge in [0, 0.05) is 31.0 Å². The van der Waals surface area contributed by atoms with E-state index in [1.54, 1.807) is 0 Å². The first-order valence-corrected chi connectivity index (χ1v) is 5.39. The number of hydrogen-bond donors (Lipinski definition) is 2. The Morgan fingerprint density at radius 2 is 2.28 bits per heavy atom. The fraction of sp³-hybridized carbons (Fsp3) is 0.364. The van der Waals surface area contributed by atoms with Crippen LogP contribution in [0.3, 0.4) is 0 Å². The third kappa shape index (κ3) is 3.70. The van der Waals surface area contributed by atoms with Crippen LogP contribution in [-0.2, 0) is 4.74 Å². The molecule has 0 spiro atoms. The summed E-state index contributed by atoms with van der Waals surface area (Å²) in [6.07, 6.45) is 0. The van der Waals surface area contributed by atoms with E-state index in [-0.39, 0.29) is 11.3 Å². The molecule has 0 atom stereocenters. The first-order chi connectivity index (χ1) is 8.56. The van der Waals surface area contributed by atoms with Gasteiger partial charge in [0.05, 0.1) is 17.1 Å². The Kier molecular flexibility index (Phi) is 5.06. The molecule has 0 saturated heterocycles. The predicted octanol–water partition coefficient (Wildman–Crippen LogP) is 1.74. The molecule has 98 valence electrons. The molecule has 7 heteroatoms. The highest BCUT2D eigenvalue weighted by Gasteiger charge is 2.15. The van der Waals surface area contributed by atoms with Gasteiger partial charge in [0.2, 0.25) is 0 Å². The molecule has 2 N–H and O–H groups in total. The van der Waals surface area contributed by atoms with Gasteiger partial charge in [-0.15, -0.1) is 0 Å². The lowest BCUT2D eigenvalue weighted by molar-refractivity contribution is -0.384. The molecule has 7 nitrogen and oxygen atoms in total. The number of carbonyl (C=O) groups is 1. The van der Waals surface area contributed by atoms with Crippen molar-refractivity contribution in [2.75, 3.05) is 25.1 Å². The fourth-order valence-corrected chi connectivity index (χ4v) is 1.38. The predicted molar refractivity (Wildman–Crippen MR) is 65.0 cm³/mol. The lowest BCUT2D eigenvalue weighted by atomic mass is 10.1. The molecule has 0 aliphatic heterocycles. The summed E-state index contributed by atoms with van der Waals surface area (Å²) in [5.74, 6) is -1.21. The molecule has 0 fully saturated rings. The molecular weight excluding hydrogens is 240 g/mol. The zero-order valence-corrected chi connectivity index (χ0v) is 9.88. The van der Waals surface area contributed by atoms with Crippen molar-refractivity contribution in [2.24, 2.45) is 0 Å². The quantitative estimate of drug-likeness (QED) is 0.436. The molecule has 0 radical (unpaired) electrons. The van der Waals surface area contributed by atoms with Gasteiger partial charge >= 0.3 is 5.97 Å². The number of rotatable bonds is 7. The van der Waals surface area contributed by atoms with Crippen LogP contribution in [0.25, 0.3) is 0 Å². The average molecular weight is 254 g/mol. The summed E-state index contributed by atoms with van der Waals surface area (Å²) in [5, 5.41) is 22.4. The third-order valence-corrected chi connectivity index (χ3v) is 2.21. The number of anilines is 1. The standard InChI is InChI=1S/C11H14N2O5/c1-2-18-6-5-12-10-4-3-8(13(16)17)7-9(10)11(14)15/h3-4,7,12H,2,5-6H2,1H3,(H,14,15). The summed E-state index contributed by atoms with van der Waals surface area (Å²) in [7, 11) is 0. The topological polar surface area (TPSA) is 102 Å². The highest BCUT2D eigenvalue weighted by atomic mass is 16.6. The van der Waals surface area contributed by atoms with Crippen molar-refractivity contribution in [3.8, 4) is 0 Å². The van der Waals surface area contributed by atoms with Crippen molar-refractivity contribution in [3.05, 3.63) is 33.9 Å². The van der Waals surface area contributed by atoms with Crippen molar-refractivity contribution in [1.29, 1.82) is 0 Å². The summed E-state index contributed by atoms with van der Waals surface area (Å²) in [6, 6.07) is 3.67. The normalized spacial score (nSPS) is 10.1. The van der Waals surface area contributed by atoms with E-state index in [2.05, 4.69) is 5.32 Å². The number of aromatic carboxylic acids is 1. The molecule has 0 aliphatic rings. The summed E-state index contributed by atoms with van der Waals surface area (Å²) in [4.78, 5) is 20.9. The van der Waals surface area contributed by atoms with E-state index < -0.39 is 10.9 Å². The van der Waals surface area contributed by atoms with Gasteiger partial charge in [-0.1, -0.05) is 0 Å². The largest absolute Gasteiger partial charge is 0.478 e. The molecule has 0 aliphatic carbocycles. The number of nitro benzene ring substituents is 1. The summed E-state index contributed by atoms with van der Waals surface area (Å²) < 4.78 is 5.10. The molecule has 0 bridgehead atoms. The maximum absolute atomic E-state index is 11.0. The summed E-state index contributed by atoms with van der Waals surface area (Å²) >= 11 is 0. The second-order valence-corrected chi connectivity index (χ2v) is 3.42. The number of nitrogens with zero attached hydrogens (tertiary/aromatic N) is 1. The van der Waals surface area contributed by atoms with Crippen LogP contribution in [0.2, 0.25) is 0 Å². The first-order valence-electron chi connectivity index (χ1n) is 5.39. The molecule has 1 aromatic rings. The Morgan fingerprint density at radius 3 is 2.83 bits per heavy atom. The minimum atomic E-state index is -1.21. The van der Waals surface area contributed by atoms with E-state index in [0.717, 1.165) is 6.07 Å². The summed E-state index contributed by atoms with van der Waals surface area (Å²) in [5.41, 5.74) is -0.0312. The van der Waals surface area contributed by atoms with Crippen LogP contribution >= 0.6 is 0 Å². The Morgan fingerprint density at radius 1 is 1.56 bits per heavy atom. The van der Waals surface area contributed by atoms with Crippen LogP contribution in [0.5, 0.6) is 0 Å². The van der Waals surface area contributed by atoms with Crippen LogP contribution in [0.1, 0.15) is 17.3 Å². The van der Waals surface area contributed by atoms with Crippen molar-refractivity contribution in [2.45, 2.75) is 6.92 Å². The highest BCUT2D eigenvalue weighted by Crippen LogP contribution is 2.21. The van der Waals surface area contributed by atoms with E-state index in [1.807, 2.05) is 6.92 Å². The molecule has 1 aromatic carbocycles. The zero-order chi connectivity index (χ0) is 13.5. The molecule has 1 rings (SSSR count). The van der Waals surface area contributed by atoms with Gasteiger partial charge < -0.3 is 15.2 Å². The number of nitro groups is 1.